The minimum Gasteiger partial charge on any atom is -0.379 e. The number of morpholine rings is 1. The van der Waals surface area contributed by atoms with Gasteiger partial charge in [0.15, 0.2) is 0 Å². The van der Waals surface area contributed by atoms with Gasteiger partial charge in [-0.05, 0) is 20.3 Å². The van der Waals surface area contributed by atoms with Crippen LogP contribution in [-0.4, -0.2) is 57.5 Å². The minimum atomic E-state index is -0.0248. The molecular weight excluding hydrogens is 268 g/mol. The fourth-order valence-electron chi connectivity index (χ4n) is 3.12. The molecule has 0 radical (unpaired) electrons. The van der Waals surface area contributed by atoms with Crippen LogP contribution in [0.5, 0.6) is 0 Å². The first kappa shape index (κ1) is 16.4. The summed E-state index contributed by atoms with van der Waals surface area (Å²) in [7, 11) is 0. The lowest BCUT2D eigenvalue weighted by atomic mass is 9.85. The third-order valence-corrected chi connectivity index (χ3v) is 4.78. The largest absolute Gasteiger partial charge is 0.379 e. The number of nitrogens with one attached hydrogen (secondary N) is 1. The van der Waals surface area contributed by atoms with Crippen molar-refractivity contribution in [1.29, 1.82) is 0 Å². The maximum Gasteiger partial charge on any atom is 0.138 e. The third-order valence-electron chi connectivity index (χ3n) is 4.78. The van der Waals surface area contributed by atoms with Gasteiger partial charge in [0.1, 0.15) is 12.2 Å². The van der Waals surface area contributed by atoms with Crippen LogP contribution >= 0.6 is 0 Å². The molecule has 1 aromatic rings. The summed E-state index contributed by atoms with van der Waals surface area (Å²) < 4.78 is 7.41. The number of ether oxygens (including phenoxy) is 1. The van der Waals surface area contributed by atoms with Crippen molar-refractivity contribution < 1.29 is 4.74 Å². The van der Waals surface area contributed by atoms with Crippen molar-refractivity contribution in [2.24, 2.45) is 5.84 Å². The van der Waals surface area contributed by atoms with Crippen LogP contribution in [0.3, 0.4) is 0 Å². The number of hydrogen-bond acceptors (Lipinski definition) is 6. The molecule has 1 fully saturated rings. The standard InChI is InChI=1S/C14H28N6O/c1-4-14(3,19-6-8-21-9-7-19)12(18-15)10-13-16-11-17-20(13)5-2/h11-12,18H,4-10,15H2,1-3H3. The summed E-state index contributed by atoms with van der Waals surface area (Å²) in [6, 6.07) is 0.120. The van der Waals surface area contributed by atoms with E-state index in [4.69, 9.17) is 10.6 Å². The topological polar surface area (TPSA) is 81.2 Å². The quantitative estimate of drug-likeness (QED) is 0.551. The van der Waals surface area contributed by atoms with Gasteiger partial charge in [0.2, 0.25) is 0 Å². The lowest BCUT2D eigenvalue weighted by molar-refractivity contribution is -0.0326. The molecule has 21 heavy (non-hydrogen) atoms. The first-order chi connectivity index (χ1) is 10.2. The van der Waals surface area contributed by atoms with Gasteiger partial charge >= 0.3 is 0 Å². The molecule has 2 heterocycles. The molecule has 1 aliphatic rings. The number of nitrogens with two attached hydrogens (primary N) is 1. The molecule has 0 saturated carbocycles. The van der Waals surface area contributed by atoms with E-state index in [1.165, 1.54) is 0 Å². The van der Waals surface area contributed by atoms with Crippen molar-refractivity contribution in [3.63, 3.8) is 0 Å². The Morgan fingerprint density at radius 1 is 1.43 bits per heavy atom. The van der Waals surface area contributed by atoms with Crippen LogP contribution < -0.4 is 11.3 Å². The van der Waals surface area contributed by atoms with E-state index in [0.29, 0.717) is 0 Å². The molecule has 2 atom stereocenters. The smallest absolute Gasteiger partial charge is 0.138 e. The molecule has 1 aromatic heterocycles. The van der Waals surface area contributed by atoms with Crippen LogP contribution in [0.15, 0.2) is 6.33 Å². The van der Waals surface area contributed by atoms with Crippen molar-refractivity contribution in [3.05, 3.63) is 12.2 Å². The molecule has 0 aliphatic carbocycles. The molecule has 1 saturated heterocycles. The van der Waals surface area contributed by atoms with Gasteiger partial charge < -0.3 is 4.74 Å². The van der Waals surface area contributed by atoms with Gasteiger partial charge in [-0.3, -0.25) is 20.9 Å². The van der Waals surface area contributed by atoms with E-state index in [0.717, 1.165) is 51.5 Å². The molecule has 7 heteroatoms. The number of aryl methyl sites for hydroxylation is 1. The SMILES string of the molecule is CCn1ncnc1CC(NN)C(C)(CC)N1CCOCC1. The number of hydrogen-bond donors (Lipinski definition) is 2. The zero-order valence-corrected chi connectivity index (χ0v) is 13.4. The number of nitrogens with zero attached hydrogens (tertiary/aromatic N) is 4. The van der Waals surface area contributed by atoms with E-state index >= 15 is 0 Å². The minimum absolute atomic E-state index is 0.0248. The van der Waals surface area contributed by atoms with Crippen LogP contribution in [0.25, 0.3) is 0 Å². The lowest BCUT2D eigenvalue weighted by Gasteiger charge is -2.47. The maximum absolute atomic E-state index is 5.88. The van der Waals surface area contributed by atoms with E-state index in [-0.39, 0.29) is 11.6 Å². The molecule has 0 amide bonds. The van der Waals surface area contributed by atoms with Crippen molar-refractivity contribution in [2.45, 2.75) is 51.7 Å². The molecule has 2 unspecified atom stereocenters. The second-order valence-corrected chi connectivity index (χ2v) is 5.73. The normalized spacial score (nSPS) is 21.1. The van der Waals surface area contributed by atoms with Gasteiger partial charge in [-0.1, -0.05) is 6.92 Å². The van der Waals surface area contributed by atoms with Crippen molar-refractivity contribution in [1.82, 2.24) is 25.1 Å². The number of aromatic nitrogens is 3. The fourth-order valence-corrected chi connectivity index (χ4v) is 3.12. The Labute approximate surface area is 126 Å². The highest BCUT2D eigenvalue weighted by Gasteiger charge is 2.39. The van der Waals surface area contributed by atoms with E-state index in [9.17, 15) is 0 Å². The van der Waals surface area contributed by atoms with E-state index in [1.807, 2.05) is 4.68 Å². The van der Waals surface area contributed by atoms with Crippen LogP contribution in [0.2, 0.25) is 0 Å². The molecule has 7 nitrogen and oxygen atoms in total. The van der Waals surface area contributed by atoms with Crippen LogP contribution in [0.4, 0.5) is 0 Å². The molecule has 0 spiro atoms. The Morgan fingerprint density at radius 2 is 2.14 bits per heavy atom. The predicted octanol–water partition coefficient (Wildman–Crippen LogP) is 0.173. The Bertz CT molecular complexity index is 431. The molecular formula is C14H28N6O. The lowest BCUT2D eigenvalue weighted by Crippen LogP contribution is -2.63. The first-order valence-corrected chi connectivity index (χ1v) is 7.81. The van der Waals surface area contributed by atoms with E-state index in [2.05, 4.69) is 41.2 Å². The average molecular weight is 296 g/mol. The summed E-state index contributed by atoms with van der Waals surface area (Å²) >= 11 is 0. The monoisotopic (exact) mass is 296 g/mol. The van der Waals surface area contributed by atoms with Crippen LogP contribution in [-0.2, 0) is 17.7 Å². The van der Waals surface area contributed by atoms with Crippen molar-refractivity contribution in [3.8, 4) is 0 Å². The van der Waals surface area contributed by atoms with Crippen LogP contribution in [0, 0.1) is 0 Å². The Morgan fingerprint density at radius 3 is 2.71 bits per heavy atom. The van der Waals surface area contributed by atoms with Gasteiger partial charge in [0, 0.05) is 37.6 Å². The Balaban J connectivity index is 2.16. The third kappa shape index (κ3) is 3.42. The average Bonchev–Trinajstić information content (AvgIpc) is 3.00. The van der Waals surface area contributed by atoms with Crippen molar-refractivity contribution in [2.75, 3.05) is 26.3 Å². The number of rotatable bonds is 7. The second-order valence-electron chi connectivity index (χ2n) is 5.73. The van der Waals surface area contributed by atoms with E-state index < -0.39 is 0 Å². The predicted molar refractivity (Wildman–Crippen MR) is 81.6 cm³/mol. The molecule has 0 bridgehead atoms. The molecule has 1 aliphatic heterocycles. The summed E-state index contributed by atoms with van der Waals surface area (Å²) in [5.41, 5.74) is 2.99. The van der Waals surface area contributed by atoms with Gasteiger partial charge in [0.05, 0.1) is 13.2 Å². The highest BCUT2D eigenvalue weighted by molar-refractivity contribution is 5.02. The highest BCUT2D eigenvalue weighted by Crippen LogP contribution is 2.26. The summed E-state index contributed by atoms with van der Waals surface area (Å²) in [5.74, 6) is 6.86. The van der Waals surface area contributed by atoms with Crippen molar-refractivity contribution >= 4 is 0 Å². The Hall–Kier alpha value is -1.02. The summed E-state index contributed by atoms with van der Waals surface area (Å²) in [6.45, 7) is 10.9. The van der Waals surface area contributed by atoms with E-state index in [1.54, 1.807) is 6.33 Å². The summed E-state index contributed by atoms with van der Waals surface area (Å²) in [4.78, 5) is 6.86. The maximum atomic E-state index is 5.88. The second kappa shape index (κ2) is 7.31. The summed E-state index contributed by atoms with van der Waals surface area (Å²) in [5, 5.41) is 4.25. The zero-order chi connectivity index (χ0) is 15.3. The van der Waals surface area contributed by atoms with Gasteiger partial charge in [-0.15, -0.1) is 0 Å². The van der Waals surface area contributed by atoms with Gasteiger partial charge in [-0.25, -0.2) is 4.98 Å². The summed E-state index contributed by atoms with van der Waals surface area (Å²) in [6.07, 6.45) is 3.40. The van der Waals surface area contributed by atoms with Crippen LogP contribution in [0.1, 0.15) is 33.0 Å². The molecule has 2 rings (SSSR count). The molecule has 0 aromatic carbocycles. The molecule has 3 N–H and O–H groups in total. The van der Waals surface area contributed by atoms with Gasteiger partial charge in [0.25, 0.3) is 0 Å². The Kier molecular flexibility index (Phi) is 5.69. The molecule has 120 valence electrons. The fraction of sp³-hybridized carbons (Fsp3) is 0.857. The first-order valence-electron chi connectivity index (χ1n) is 7.81. The number of hydrazine groups is 1. The highest BCUT2D eigenvalue weighted by atomic mass is 16.5. The van der Waals surface area contributed by atoms with Gasteiger partial charge in [-0.2, -0.15) is 5.10 Å². The zero-order valence-electron chi connectivity index (χ0n) is 13.4.